The number of ether oxygens (including phenoxy) is 2. The van der Waals surface area contributed by atoms with Gasteiger partial charge in [-0.1, -0.05) is 12.1 Å². The quantitative estimate of drug-likeness (QED) is 0.577. The summed E-state index contributed by atoms with van der Waals surface area (Å²) >= 11 is 0. The third-order valence-corrected chi connectivity index (χ3v) is 5.08. The highest BCUT2D eigenvalue weighted by Crippen LogP contribution is 2.14. The third-order valence-electron chi connectivity index (χ3n) is 5.08. The minimum Gasteiger partial charge on any atom is -0.497 e. The molecule has 8 nitrogen and oxygen atoms in total. The number of aliphatic imine (C=N–C) groups is 1. The molecule has 1 aromatic carbocycles. The molecule has 0 radical (unpaired) electrons. The summed E-state index contributed by atoms with van der Waals surface area (Å²) in [5.41, 5.74) is 1.13. The Bertz CT molecular complexity index is 780. The first-order chi connectivity index (χ1) is 13.6. The van der Waals surface area contributed by atoms with Gasteiger partial charge in [0.25, 0.3) is 0 Å². The van der Waals surface area contributed by atoms with Gasteiger partial charge >= 0.3 is 0 Å². The maximum atomic E-state index is 5.52. The van der Waals surface area contributed by atoms with E-state index in [0.29, 0.717) is 19.0 Å². The first kappa shape index (κ1) is 20.1. The average Bonchev–Trinajstić information content (AvgIpc) is 3.33. The van der Waals surface area contributed by atoms with Gasteiger partial charge in [-0.15, -0.1) is 10.2 Å². The number of aromatic nitrogens is 3. The number of hydrogen-bond donors (Lipinski definition) is 1. The van der Waals surface area contributed by atoms with Gasteiger partial charge in [-0.25, -0.2) is 4.99 Å². The zero-order chi connectivity index (χ0) is 19.9. The van der Waals surface area contributed by atoms with E-state index < -0.39 is 0 Å². The lowest BCUT2D eigenvalue weighted by Gasteiger charge is -2.25. The Balaban J connectivity index is 1.68. The number of guanidine groups is 1. The van der Waals surface area contributed by atoms with Crippen LogP contribution in [0.1, 0.15) is 23.6 Å². The summed E-state index contributed by atoms with van der Waals surface area (Å²) in [5.74, 6) is 4.01. The fourth-order valence-electron chi connectivity index (χ4n) is 3.17. The van der Waals surface area contributed by atoms with Crippen LogP contribution < -0.4 is 10.1 Å². The lowest BCUT2D eigenvalue weighted by atomic mass is 10.1. The molecule has 152 valence electrons. The second-order valence-corrected chi connectivity index (χ2v) is 7.17. The molecule has 1 fully saturated rings. The zero-order valence-corrected chi connectivity index (χ0v) is 17.2. The van der Waals surface area contributed by atoms with Crippen molar-refractivity contribution in [1.29, 1.82) is 0 Å². The zero-order valence-electron chi connectivity index (χ0n) is 17.2. The summed E-state index contributed by atoms with van der Waals surface area (Å²) in [7, 11) is 5.71. The van der Waals surface area contributed by atoms with E-state index in [0.717, 1.165) is 55.1 Å². The topological polar surface area (TPSA) is 76.8 Å². The smallest absolute Gasteiger partial charge is 0.194 e. The first-order valence-corrected chi connectivity index (χ1v) is 9.62. The Morgan fingerprint density at radius 1 is 1.36 bits per heavy atom. The first-order valence-electron chi connectivity index (χ1n) is 9.62. The molecule has 2 heterocycles. The van der Waals surface area contributed by atoms with Gasteiger partial charge in [0.1, 0.15) is 11.6 Å². The van der Waals surface area contributed by atoms with Crippen molar-refractivity contribution in [2.24, 2.45) is 18.0 Å². The number of nitrogens with zero attached hydrogens (tertiary/aromatic N) is 5. The molecule has 0 bridgehead atoms. The van der Waals surface area contributed by atoms with Crippen LogP contribution in [0.5, 0.6) is 5.75 Å². The van der Waals surface area contributed by atoms with Crippen molar-refractivity contribution in [3.8, 4) is 5.75 Å². The van der Waals surface area contributed by atoms with Crippen LogP contribution in [0.25, 0.3) is 0 Å². The van der Waals surface area contributed by atoms with Crippen LogP contribution >= 0.6 is 0 Å². The monoisotopic (exact) mass is 386 g/mol. The van der Waals surface area contributed by atoms with Gasteiger partial charge in [0.05, 0.1) is 26.8 Å². The number of benzene rings is 1. The Labute approximate surface area is 166 Å². The van der Waals surface area contributed by atoms with E-state index in [-0.39, 0.29) is 0 Å². The molecule has 1 aromatic heterocycles. The molecule has 0 saturated carbocycles. The number of aryl methyl sites for hydroxylation is 1. The second-order valence-electron chi connectivity index (χ2n) is 7.17. The molecule has 28 heavy (non-hydrogen) atoms. The highest BCUT2D eigenvalue weighted by Gasteiger charge is 2.19. The van der Waals surface area contributed by atoms with Crippen molar-refractivity contribution in [1.82, 2.24) is 25.0 Å². The molecule has 8 heteroatoms. The molecule has 0 aliphatic carbocycles. The molecule has 1 saturated heterocycles. The fraction of sp³-hybridized carbons (Fsp3) is 0.550. The molecule has 1 aliphatic heterocycles. The van der Waals surface area contributed by atoms with Crippen molar-refractivity contribution >= 4 is 5.96 Å². The van der Waals surface area contributed by atoms with Crippen LogP contribution in [0, 0.1) is 12.8 Å². The lowest BCUT2D eigenvalue weighted by Crippen LogP contribution is -2.41. The summed E-state index contributed by atoms with van der Waals surface area (Å²) in [6.07, 6.45) is 1.10. The van der Waals surface area contributed by atoms with Gasteiger partial charge in [0.2, 0.25) is 0 Å². The van der Waals surface area contributed by atoms with Crippen LogP contribution in [-0.4, -0.2) is 59.5 Å². The van der Waals surface area contributed by atoms with E-state index in [2.05, 4.69) is 27.5 Å². The van der Waals surface area contributed by atoms with Gasteiger partial charge in [-0.3, -0.25) is 0 Å². The van der Waals surface area contributed by atoms with E-state index in [4.69, 9.17) is 14.5 Å². The molecule has 1 unspecified atom stereocenters. The molecular weight excluding hydrogens is 356 g/mol. The van der Waals surface area contributed by atoms with Gasteiger partial charge < -0.3 is 24.3 Å². The number of methoxy groups -OCH3 is 1. The summed E-state index contributed by atoms with van der Waals surface area (Å²) in [4.78, 5) is 7.01. The minimum atomic E-state index is 0.537. The number of nitrogens with one attached hydrogen (secondary N) is 1. The van der Waals surface area contributed by atoms with Crippen LogP contribution in [0.2, 0.25) is 0 Å². The van der Waals surface area contributed by atoms with E-state index in [9.17, 15) is 0 Å². The van der Waals surface area contributed by atoms with E-state index in [1.165, 1.54) is 0 Å². The van der Waals surface area contributed by atoms with Crippen LogP contribution in [0.3, 0.4) is 0 Å². The molecule has 1 N–H and O–H groups in total. The van der Waals surface area contributed by atoms with Crippen molar-refractivity contribution in [2.45, 2.75) is 26.4 Å². The predicted octanol–water partition coefficient (Wildman–Crippen LogP) is 1.75. The SMILES string of the molecule is COc1ccc(CN=C(NCc2nnc(C)n2C)N(C)CC2CCOC2)cc1. The lowest BCUT2D eigenvalue weighted by molar-refractivity contribution is 0.181. The summed E-state index contributed by atoms with van der Waals surface area (Å²) in [6, 6.07) is 7.99. The van der Waals surface area contributed by atoms with Crippen LogP contribution in [0.15, 0.2) is 29.3 Å². The number of rotatable bonds is 7. The van der Waals surface area contributed by atoms with E-state index >= 15 is 0 Å². The molecule has 2 aromatic rings. The van der Waals surface area contributed by atoms with Crippen molar-refractivity contribution in [3.63, 3.8) is 0 Å². The van der Waals surface area contributed by atoms with Crippen LogP contribution in [0.4, 0.5) is 0 Å². The standard InChI is InChI=1S/C20H30N6O2/c1-15-23-24-19(26(15)3)12-22-20(25(2)13-17-9-10-28-14-17)21-11-16-5-7-18(27-4)8-6-16/h5-8,17H,9-14H2,1-4H3,(H,21,22). The molecule has 0 amide bonds. The fourth-order valence-corrected chi connectivity index (χ4v) is 3.17. The van der Waals surface area contributed by atoms with Crippen molar-refractivity contribution in [2.75, 3.05) is 33.9 Å². The second kappa shape index (κ2) is 9.54. The van der Waals surface area contributed by atoms with E-state index in [1.54, 1.807) is 7.11 Å². The van der Waals surface area contributed by atoms with Crippen molar-refractivity contribution < 1.29 is 9.47 Å². The molecule has 1 atom stereocenters. The summed E-state index contributed by atoms with van der Waals surface area (Å²) in [6.45, 7) is 5.69. The normalized spacial score (nSPS) is 17.0. The van der Waals surface area contributed by atoms with Gasteiger partial charge in [-0.05, 0) is 31.0 Å². The van der Waals surface area contributed by atoms with E-state index in [1.807, 2.05) is 42.8 Å². The Morgan fingerprint density at radius 3 is 2.75 bits per heavy atom. The maximum absolute atomic E-state index is 5.52. The molecule has 1 aliphatic rings. The molecule has 0 spiro atoms. The summed E-state index contributed by atoms with van der Waals surface area (Å²) in [5, 5.41) is 11.8. The van der Waals surface area contributed by atoms with Crippen LogP contribution in [-0.2, 0) is 24.9 Å². The molecular formula is C20H30N6O2. The Morgan fingerprint density at radius 2 is 2.14 bits per heavy atom. The molecule has 3 rings (SSSR count). The third kappa shape index (κ3) is 5.22. The average molecular weight is 387 g/mol. The maximum Gasteiger partial charge on any atom is 0.194 e. The van der Waals surface area contributed by atoms with Gasteiger partial charge in [0.15, 0.2) is 11.8 Å². The predicted molar refractivity (Wildman–Crippen MR) is 108 cm³/mol. The highest BCUT2D eigenvalue weighted by molar-refractivity contribution is 5.79. The van der Waals surface area contributed by atoms with Crippen molar-refractivity contribution in [3.05, 3.63) is 41.5 Å². The minimum absolute atomic E-state index is 0.537. The summed E-state index contributed by atoms with van der Waals surface area (Å²) < 4.78 is 12.7. The number of hydrogen-bond acceptors (Lipinski definition) is 5. The Kier molecular flexibility index (Phi) is 6.86. The van der Waals surface area contributed by atoms with Gasteiger partial charge in [-0.2, -0.15) is 0 Å². The largest absolute Gasteiger partial charge is 0.497 e. The highest BCUT2D eigenvalue weighted by atomic mass is 16.5. The van der Waals surface area contributed by atoms with Gasteiger partial charge in [0, 0.05) is 33.2 Å². The Hall–Kier alpha value is -2.61.